The fourth-order valence-electron chi connectivity index (χ4n) is 4.68. The van der Waals surface area contributed by atoms with Gasteiger partial charge in [-0.3, -0.25) is 9.59 Å². The number of carbonyl (C=O) groups is 2. The average molecular weight is 468 g/mol. The highest BCUT2D eigenvalue weighted by molar-refractivity contribution is 6.33. The van der Waals surface area contributed by atoms with Gasteiger partial charge in [-0.25, -0.2) is 0 Å². The van der Waals surface area contributed by atoms with Crippen molar-refractivity contribution in [2.24, 2.45) is 0 Å². The van der Waals surface area contributed by atoms with Crippen molar-refractivity contribution in [3.05, 3.63) is 70.9 Å². The predicted molar refractivity (Wildman–Crippen MR) is 125 cm³/mol. The number of fused-ring (bicyclic) bond motifs is 1. The number of halogens is 1. The van der Waals surface area contributed by atoms with E-state index in [1.165, 1.54) is 0 Å². The molecule has 8 heteroatoms. The van der Waals surface area contributed by atoms with Crippen molar-refractivity contribution < 1.29 is 19.1 Å². The van der Waals surface area contributed by atoms with Gasteiger partial charge >= 0.3 is 0 Å². The van der Waals surface area contributed by atoms with Gasteiger partial charge in [-0.1, -0.05) is 41.9 Å². The molecule has 2 aromatic carbocycles. The Morgan fingerprint density at radius 2 is 1.76 bits per heavy atom. The summed E-state index contributed by atoms with van der Waals surface area (Å²) in [5, 5.41) is 4.33. The number of nitrogens with zero attached hydrogens (tertiary/aromatic N) is 1. The monoisotopic (exact) mass is 467 g/mol. The second kappa shape index (κ2) is 9.17. The van der Waals surface area contributed by atoms with E-state index in [0.29, 0.717) is 56.2 Å². The number of hydrogen-bond donors (Lipinski definition) is 2. The third kappa shape index (κ3) is 4.49. The van der Waals surface area contributed by atoms with Crippen LogP contribution in [0.3, 0.4) is 0 Å². The Morgan fingerprint density at radius 1 is 1.06 bits per heavy atom. The van der Waals surface area contributed by atoms with Crippen LogP contribution in [0.15, 0.2) is 54.7 Å². The molecular formula is C25H26ClN3O4. The van der Waals surface area contributed by atoms with Gasteiger partial charge in [0.15, 0.2) is 5.79 Å². The van der Waals surface area contributed by atoms with Crippen LogP contribution in [0.2, 0.25) is 5.02 Å². The minimum atomic E-state index is -0.729. The van der Waals surface area contributed by atoms with Gasteiger partial charge in [0.1, 0.15) is 6.04 Å². The summed E-state index contributed by atoms with van der Waals surface area (Å²) in [5.74, 6) is -1.05. The van der Waals surface area contributed by atoms with Crippen molar-refractivity contribution in [3.8, 4) is 0 Å². The van der Waals surface area contributed by atoms with Crippen molar-refractivity contribution in [1.82, 2.24) is 15.2 Å². The molecule has 0 bridgehead atoms. The summed E-state index contributed by atoms with van der Waals surface area (Å²) in [6.07, 6.45) is 3.51. The maximum absolute atomic E-state index is 13.6. The fraction of sp³-hybridized carbons (Fsp3) is 0.360. The smallest absolute Gasteiger partial charge is 0.253 e. The van der Waals surface area contributed by atoms with Gasteiger partial charge in [-0.2, -0.15) is 0 Å². The topological polar surface area (TPSA) is 83.7 Å². The minimum Gasteiger partial charge on any atom is -0.361 e. The Hall–Kier alpha value is -2.87. The number of para-hydroxylation sites is 1. The van der Waals surface area contributed by atoms with Crippen LogP contribution in [0.4, 0.5) is 0 Å². The van der Waals surface area contributed by atoms with Gasteiger partial charge in [0.2, 0.25) is 5.91 Å². The lowest BCUT2D eigenvalue weighted by Gasteiger charge is -2.38. The zero-order valence-electron chi connectivity index (χ0n) is 18.2. The van der Waals surface area contributed by atoms with E-state index < -0.39 is 11.8 Å². The van der Waals surface area contributed by atoms with Gasteiger partial charge in [-0.05, 0) is 23.8 Å². The molecule has 0 aliphatic carbocycles. The quantitative estimate of drug-likeness (QED) is 0.601. The van der Waals surface area contributed by atoms with Crippen molar-refractivity contribution in [3.63, 3.8) is 0 Å². The third-order valence-corrected chi connectivity index (χ3v) is 6.80. The number of rotatable bonds is 5. The van der Waals surface area contributed by atoms with E-state index in [1.54, 1.807) is 29.2 Å². The summed E-state index contributed by atoms with van der Waals surface area (Å²) in [5.41, 5.74) is 2.31. The molecule has 1 atom stereocenters. The standard InChI is InChI=1S/C25H26ClN3O4/c26-20-7-3-1-6-19(20)23(30)28-22(15-17-16-27-21-8-4-2-5-18(17)21)24(31)29-11-9-25(10-12-29)32-13-14-33-25/h1-8,16,22,27H,9-15H2,(H,28,30). The van der Waals surface area contributed by atoms with Gasteiger partial charge in [0.05, 0.1) is 23.8 Å². The highest BCUT2D eigenvalue weighted by Gasteiger charge is 2.42. The lowest BCUT2D eigenvalue weighted by molar-refractivity contribution is -0.187. The number of likely N-dealkylation sites (tertiary alicyclic amines) is 1. The molecule has 172 valence electrons. The summed E-state index contributed by atoms with van der Waals surface area (Å²) in [4.78, 5) is 31.7. The zero-order valence-corrected chi connectivity index (χ0v) is 18.9. The van der Waals surface area contributed by atoms with Crippen molar-refractivity contribution in [1.29, 1.82) is 0 Å². The van der Waals surface area contributed by atoms with Gasteiger partial charge in [0.25, 0.3) is 5.91 Å². The van der Waals surface area contributed by atoms with E-state index in [-0.39, 0.29) is 11.8 Å². The van der Waals surface area contributed by atoms with Crippen LogP contribution in [0, 0.1) is 0 Å². The molecule has 2 fully saturated rings. The normalized spacial score (nSPS) is 18.5. The lowest BCUT2D eigenvalue weighted by Crippen LogP contribution is -2.54. The summed E-state index contributed by atoms with van der Waals surface area (Å²) in [6.45, 7) is 2.21. The van der Waals surface area contributed by atoms with Crippen LogP contribution in [0.1, 0.15) is 28.8 Å². The molecule has 2 amide bonds. The number of nitrogens with one attached hydrogen (secondary N) is 2. The molecule has 0 radical (unpaired) electrons. The van der Waals surface area contributed by atoms with E-state index in [4.69, 9.17) is 21.1 Å². The van der Waals surface area contributed by atoms with Crippen molar-refractivity contribution in [2.75, 3.05) is 26.3 Å². The van der Waals surface area contributed by atoms with E-state index >= 15 is 0 Å². The molecule has 5 rings (SSSR count). The van der Waals surface area contributed by atoms with Crippen LogP contribution in [0.25, 0.3) is 10.9 Å². The molecule has 2 aliphatic rings. The first-order valence-electron chi connectivity index (χ1n) is 11.2. The van der Waals surface area contributed by atoms with E-state index in [9.17, 15) is 9.59 Å². The first-order valence-corrected chi connectivity index (χ1v) is 11.6. The van der Waals surface area contributed by atoms with Crippen LogP contribution >= 0.6 is 11.6 Å². The van der Waals surface area contributed by atoms with Crippen LogP contribution < -0.4 is 5.32 Å². The number of aromatic nitrogens is 1. The second-order valence-electron chi connectivity index (χ2n) is 8.50. The maximum Gasteiger partial charge on any atom is 0.253 e. The molecule has 3 aromatic rings. The van der Waals surface area contributed by atoms with Gasteiger partial charge in [0, 0.05) is 49.5 Å². The van der Waals surface area contributed by atoms with Gasteiger partial charge < -0.3 is 24.7 Å². The van der Waals surface area contributed by atoms with E-state index in [0.717, 1.165) is 16.5 Å². The molecule has 2 N–H and O–H groups in total. The largest absolute Gasteiger partial charge is 0.361 e. The Morgan fingerprint density at radius 3 is 2.52 bits per heavy atom. The number of hydrogen-bond acceptors (Lipinski definition) is 4. The van der Waals surface area contributed by atoms with Crippen LogP contribution in [0.5, 0.6) is 0 Å². The summed E-state index contributed by atoms with van der Waals surface area (Å²) < 4.78 is 11.6. The Balaban J connectivity index is 1.37. The first-order chi connectivity index (χ1) is 16.0. The first kappa shape index (κ1) is 21.9. The number of carbonyl (C=O) groups excluding carboxylic acids is 2. The van der Waals surface area contributed by atoms with Crippen molar-refractivity contribution in [2.45, 2.75) is 31.1 Å². The molecular weight excluding hydrogens is 442 g/mol. The zero-order chi connectivity index (χ0) is 22.8. The maximum atomic E-state index is 13.6. The second-order valence-corrected chi connectivity index (χ2v) is 8.91. The highest BCUT2D eigenvalue weighted by Crippen LogP contribution is 2.31. The minimum absolute atomic E-state index is 0.117. The van der Waals surface area contributed by atoms with Crippen LogP contribution in [-0.2, 0) is 20.7 Å². The third-order valence-electron chi connectivity index (χ3n) is 6.47. The number of piperidine rings is 1. The molecule has 1 spiro atoms. The van der Waals surface area contributed by atoms with E-state index in [1.807, 2.05) is 30.5 Å². The molecule has 3 heterocycles. The predicted octanol–water partition coefficient (Wildman–Crippen LogP) is 3.53. The number of H-pyrrole nitrogens is 1. The molecule has 7 nitrogen and oxygen atoms in total. The number of ether oxygens (including phenoxy) is 2. The average Bonchev–Trinajstić information content (AvgIpc) is 3.46. The number of benzene rings is 2. The number of aromatic amines is 1. The van der Waals surface area contributed by atoms with Crippen LogP contribution in [-0.4, -0.2) is 59.8 Å². The lowest BCUT2D eigenvalue weighted by atomic mass is 9.99. The molecule has 1 unspecified atom stereocenters. The summed E-state index contributed by atoms with van der Waals surface area (Å²) in [7, 11) is 0. The summed E-state index contributed by atoms with van der Waals surface area (Å²) >= 11 is 6.23. The fourth-order valence-corrected chi connectivity index (χ4v) is 4.90. The Labute approximate surface area is 197 Å². The van der Waals surface area contributed by atoms with Crippen molar-refractivity contribution >= 4 is 34.3 Å². The Kier molecular flexibility index (Phi) is 6.10. The highest BCUT2D eigenvalue weighted by atomic mass is 35.5. The van der Waals surface area contributed by atoms with Gasteiger partial charge in [-0.15, -0.1) is 0 Å². The molecule has 1 aromatic heterocycles. The Bertz CT molecular complexity index is 1160. The molecule has 33 heavy (non-hydrogen) atoms. The molecule has 2 saturated heterocycles. The summed E-state index contributed by atoms with van der Waals surface area (Å²) in [6, 6.07) is 14.0. The molecule has 0 saturated carbocycles. The van der Waals surface area contributed by atoms with E-state index in [2.05, 4.69) is 10.3 Å². The SMILES string of the molecule is O=C(NC(Cc1c[nH]c2ccccc12)C(=O)N1CCC2(CC1)OCCO2)c1ccccc1Cl. The molecule has 2 aliphatic heterocycles. The number of amides is 2.